The van der Waals surface area contributed by atoms with Gasteiger partial charge in [-0.15, -0.1) is 0 Å². The normalized spacial score (nSPS) is 42.2. The van der Waals surface area contributed by atoms with Gasteiger partial charge in [0.25, 0.3) is 0 Å². The molecule has 1 aliphatic heterocycles. The van der Waals surface area contributed by atoms with Crippen LogP contribution in [0, 0.1) is 22.7 Å². The summed E-state index contributed by atoms with van der Waals surface area (Å²) in [6, 6.07) is 0. The Kier molecular flexibility index (Phi) is 4.13. The molecule has 2 saturated carbocycles. The first-order valence-electron chi connectivity index (χ1n) is 8.94. The highest BCUT2D eigenvalue weighted by atomic mass is 16.5. The molecule has 0 radical (unpaired) electrons. The predicted molar refractivity (Wildman–Crippen MR) is 91.1 cm³/mol. The second-order valence-corrected chi connectivity index (χ2v) is 8.13. The third-order valence-corrected chi connectivity index (χ3v) is 7.07. The van der Waals surface area contributed by atoms with Gasteiger partial charge < -0.3 is 9.47 Å². The van der Waals surface area contributed by atoms with Gasteiger partial charge in [0.2, 0.25) is 0 Å². The van der Waals surface area contributed by atoms with E-state index in [9.17, 15) is 9.59 Å². The van der Waals surface area contributed by atoms with E-state index in [-0.39, 0.29) is 29.4 Å². The summed E-state index contributed by atoms with van der Waals surface area (Å²) in [5.74, 6) is 0.334. The minimum Gasteiger partial charge on any atom is -0.460 e. The zero-order valence-electron chi connectivity index (χ0n) is 15.2. The molecule has 3 aliphatic rings. The van der Waals surface area contributed by atoms with Gasteiger partial charge in [-0.3, -0.25) is 4.79 Å². The Bertz CT molecular complexity index is 601. The molecule has 1 spiro atoms. The lowest BCUT2D eigenvalue weighted by Gasteiger charge is -2.46. The second kappa shape index (κ2) is 5.75. The number of hydrogen-bond donors (Lipinski definition) is 0. The van der Waals surface area contributed by atoms with E-state index in [4.69, 9.17) is 9.47 Å². The lowest BCUT2D eigenvalue weighted by atomic mass is 9.62. The van der Waals surface area contributed by atoms with Crippen molar-refractivity contribution in [3.8, 4) is 0 Å². The molecule has 1 heterocycles. The molecule has 0 aromatic heterocycles. The van der Waals surface area contributed by atoms with Gasteiger partial charge in [0.05, 0.1) is 5.41 Å². The minimum atomic E-state index is -0.508. The summed E-state index contributed by atoms with van der Waals surface area (Å²) in [4.78, 5) is 24.6. The summed E-state index contributed by atoms with van der Waals surface area (Å²) in [6.07, 6.45) is 5.14. The van der Waals surface area contributed by atoms with Gasteiger partial charge in [-0.1, -0.05) is 26.5 Å². The molecule has 0 N–H and O–H groups in total. The van der Waals surface area contributed by atoms with Crippen molar-refractivity contribution in [2.75, 3.05) is 6.61 Å². The maximum atomic E-state index is 12.4. The largest absolute Gasteiger partial charge is 0.460 e. The fraction of sp³-hybridized carbons (Fsp3) is 0.700. The van der Waals surface area contributed by atoms with Gasteiger partial charge in [-0.2, -0.15) is 0 Å². The van der Waals surface area contributed by atoms with E-state index < -0.39 is 5.41 Å². The monoisotopic (exact) mass is 332 g/mol. The lowest BCUT2D eigenvalue weighted by molar-refractivity contribution is -0.155. The van der Waals surface area contributed by atoms with Crippen LogP contribution in [0.5, 0.6) is 0 Å². The van der Waals surface area contributed by atoms with Crippen LogP contribution < -0.4 is 0 Å². The van der Waals surface area contributed by atoms with Crippen LogP contribution in [-0.2, 0) is 19.1 Å². The first-order chi connectivity index (χ1) is 11.2. The van der Waals surface area contributed by atoms with Gasteiger partial charge in [0.1, 0.15) is 12.7 Å². The van der Waals surface area contributed by atoms with Gasteiger partial charge >= 0.3 is 11.9 Å². The Morgan fingerprint density at radius 2 is 2.12 bits per heavy atom. The molecular formula is C20H28O4. The highest BCUT2D eigenvalue weighted by molar-refractivity contribution is 5.87. The molecule has 0 amide bonds. The number of fused-ring (bicyclic) bond motifs is 1. The van der Waals surface area contributed by atoms with Crippen LogP contribution in [0.25, 0.3) is 0 Å². The summed E-state index contributed by atoms with van der Waals surface area (Å²) in [5, 5.41) is 0. The van der Waals surface area contributed by atoms with E-state index in [0.717, 1.165) is 31.3 Å². The van der Waals surface area contributed by atoms with E-state index in [1.54, 1.807) is 13.0 Å². The van der Waals surface area contributed by atoms with Crippen LogP contribution in [0.1, 0.15) is 53.4 Å². The SMILES string of the molecule is C=C1COC(=O)[C@@]12C[C@H]1CC[C@@H](OC(=O)/C(C)=C\C)[C@H](C)[C@@]1(C)C2. The third-order valence-electron chi connectivity index (χ3n) is 7.07. The standard InChI is InChI=1S/C20H28O4/c1-6-12(2)17(21)24-16-8-7-15-9-20(11-19(15,5)14(16)4)13(3)10-23-18(20)22/h6,14-16H,3,7-11H2,1-2,4-5H3/b12-6-/t14-,15+,16+,19+,20+/m0/s1. The quantitative estimate of drug-likeness (QED) is 0.438. The number of rotatable bonds is 2. The molecule has 0 bridgehead atoms. The maximum absolute atomic E-state index is 12.4. The zero-order valence-corrected chi connectivity index (χ0v) is 15.2. The molecule has 3 fully saturated rings. The molecule has 0 aromatic carbocycles. The smallest absolute Gasteiger partial charge is 0.333 e. The van der Waals surface area contributed by atoms with Crippen LogP contribution >= 0.6 is 0 Å². The molecule has 0 unspecified atom stereocenters. The number of ether oxygens (including phenoxy) is 2. The number of allylic oxidation sites excluding steroid dienone is 1. The Balaban J connectivity index is 1.82. The first kappa shape index (κ1) is 17.2. The Morgan fingerprint density at radius 1 is 1.42 bits per heavy atom. The summed E-state index contributed by atoms with van der Waals surface area (Å²) in [6.45, 7) is 12.5. The summed E-state index contributed by atoms with van der Waals surface area (Å²) in [5.41, 5.74) is 1.03. The fourth-order valence-electron chi connectivity index (χ4n) is 5.03. The molecule has 4 heteroatoms. The molecule has 2 aliphatic carbocycles. The lowest BCUT2D eigenvalue weighted by Crippen LogP contribution is -2.44. The number of hydrogen-bond acceptors (Lipinski definition) is 4. The van der Waals surface area contributed by atoms with Crippen molar-refractivity contribution < 1.29 is 19.1 Å². The topological polar surface area (TPSA) is 52.6 Å². The van der Waals surface area contributed by atoms with E-state index >= 15 is 0 Å². The Hall–Kier alpha value is -1.58. The van der Waals surface area contributed by atoms with E-state index in [1.165, 1.54) is 0 Å². The van der Waals surface area contributed by atoms with E-state index in [1.807, 2.05) is 6.92 Å². The van der Waals surface area contributed by atoms with Crippen molar-refractivity contribution in [3.63, 3.8) is 0 Å². The molecule has 132 valence electrons. The average Bonchev–Trinajstić information content (AvgIpc) is 3.02. The van der Waals surface area contributed by atoms with E-state index in [2.05, 4.69) is 20.4 Å². The van der Waals surface area contributed by atoms with Crippen molar-refractivity contribution in [1.82, 2.24) is 0 Å². The zero-order chi connectivity index (χ0) is 17.7. The van der Waals surface area contributed by atoms with Crippen molar-refractivity contribution in [2.24, 2.45) is 22.7 Å². The summed E-state index contributed by atoms with van der Waals surface area (Å²) >= 11 is 0. The molecule has 3 rings (SSSR count). The number of carbonyl (C=O) groups is 2. The molecule has 24 heavy (non-hydrogen) atoms. The molecule has 0 aromatic rings. The van der Waals surface area contributed by atoms with Gasteiger partial charge in [-0.25, -0.2) is 4.79 Å². The predicted octanol–water partition coefficient (Wildman–Crippen LogP) is 3.81. The van der Waals surface area contributed by atoms with Gasteiger partial charge in [0, 0.05) is 5.57 Å². The van der Waals surface area contributed by atoms with Crippen molar-refractivity contribution >= 4 is 11.9 Å². The third kappa shape index (κ3) is 2.34. The first-order valence-corrected chi connectivity index (χ1v) is 8.94. The summed E-state index contributed by atoms with van der Waals surface area (Å²) < 4.78 is 11.1. The molecule has 1 saturated heterocycles. The number of esters is 2. The molecular weight excluding hydrogens is 304 g/mol. The highest BCUT2D eigenvalue weighted by Gasteiger charge is 2.63. The maximum Gasteiger partial charge on any atom is 0.333 e. The van der Waals surface area contributed by atoms with Crippen LogP contribution in [-0.4, -0.2) is 24.6 Å². The van der Waals surface area contributed by atoms with Gasteiger partial charge in [0.15, 0.2) is 0 Å². The van der Waals surface area contributed by atoms with Crippen molar-refractivity contribution in [1.29, 1.82) is 0 Å². The van der Waals surface area contributed by atoms with E-state index in [0.29, 0.717) is 18.1 Å². The van der Waals surface area contributed by atoms with Crippen LogP contribution in [0.3, 0.4) is 0 Å². The number of carbonyl (C=O) groups excluding carboxylic acids is 2. The average molecular weight is 332 g/mol. The van der Waals surface area contributed by atoms with Crippen molar-refractivity contribution in [3.05, 3.63) is 23.8 Å². The minimum absolute atomic E-state index is 0.0284. The van der Waals surface area contributed by atoms with Crippen LogP contribution in [0.15, 0.2) is 23.8 Å². The molecule has 5 atom stereocenters. The van der Waals surface area contributed by atoms with Crippen LogP contribution in [0.4, 0.5) is 0 Å². The van der Waals surface area contributed by atoms with Crippen LogP contribution in [0.2, 0.25) is 0 Å². The number of cyclic esters (lactones) is 1. The van der Waals surface area contributed by atoms with Crippen molar-refractivity contribution in [2.45, 2.75) is 59.5 Å². The van der Waals surface area contributed by atoms with Gasteiger partial charge in [-0.05, 0) is 62.4 Å². The molecule has 4 nitrogen and oxygen atoms in total. The Labute approximate surface area is 144 Å². The summed E-state index contributed by atoms with van der Waals surface area (Å²) in [7, 11) is 0. The highest BCUT2D eigenvalue weighted by Crippen LogP contribution is 2.65. The Morgan fingerprint density at radius 3 is 2.71 bits per heavy atom. The fourth-order valence-corrected chi connectivity index (χ4v) is 5.03. The second-order valence-electron chi connectivity index (χ2n) is 8.13.